The van der Waals surface area contributed by atoms with E-state index in [4.69, 9.17) is 14.2 Å². The molecule has 0 saturated carbocycles. The van der Waals surface area contributed by atoms with Crippen LogP contribution in [0.3, 0.4) is 0 Å². The van der Waals surface area contributed by atoms with E-state index in [0.717, 1.165) is 11.8 Å². The van der Waals surface area contributed by atoms with Crippen molar-refractivity contribution < 1.29 is 37.9 Å². The first kappa shape index (κ1) is 24.7. The molecule has 1 aromatic carbocycles. The Hall–Kier alpha value is -3.89. The smallest absolute Gasteiger partial charge is 0.332 e. The molecule has 1 amide bonds. The van der Waals surface area contributed by atoms with Gasteiger partial charge in [-0.3, -0.25) is 19.2 Å². The van der Waals surface area contributed by atoms with Gasteiger partial charge in [-0.15, -0.1) is 0 Å². The van der Waals surface area contributed by atoms with E-state index in [1.807, 2.05) is 23.4 Å². The van der Waals surface area contributed by atoms with Crippen LogP contribution in [0.5, 0.6) is 0 Å². The Balaban J connectivity index is 1.87. The summed E-state index contributed by atoms with van der Waals surface area (Å²) in [5.74, 6) is -4.58. The number of benzene rings is 1. The summed E-state index contributed by atoms with van der Waals surface area (Å²) in [5, 5.41) is 4.27. The van der Waals surface area contributed by atoms with Crippen LogP contribution in [0, 0.1) is 11.8 Å². The third-order valence-corrected chi connectivity index (χ3v) is 5.29. The molecule has 4 atom stereocenters. The summed E-state index contributed by atoms with van der Waals surface area (Å²) < 4.78 is 21.0. The van der Waals surface area contributed by atoms with E-state index < -0.39 is 66.1 Å². The standard InChI is InChI=1S/C23H26N2O9/c1-12(2)21(28)34-18-13(3)33-23(30)17(24-19(26)16-10-32-25-20(16)27)11-31-22(29)15(18)9-14-7-5-4-6-8-14/h4-8,10,12-13,15,17-18H,9,11H2,1-3H3,(H,24,26)(H,25,27)/t13-,15+,17?,18?/m0/s1. The predicted octanol–water partition coefficient (Wildman–Crippen LogP) is 0.982. The Bertz CT molecular complexity index is 1090. The van der Waals surface area contributed by atoms with E-state index in [2.05, 4.69) is 9.84 Å². The summed E-state index contributed by atoms with van der Waals surface area (Å²) in [6.07, 6.45) is -1.10. The molecule has 0 bridgehead atoms. The zero-order valence-electron chi connectivity index (χ0n) is 18.9. The number of hydrogen-bond acceptors (Lipinski definition) is 9. The van der Waals surface area contributed by atoms with E-state index in [0.29, 0.717) is 0 Å². The van der Waals surface area contributed by atoms with Gasteiger partial charge in [0.1, 0.15) is 30.5 Å². The molecule has 182 valence electrons. The first-order valence-corrected chi connectivity index (χ1v) is 10.8. The lowest BCUT2D eigenvalue weighted by Crippen LogP contribution is -2.47. The minimum absolute atomic E-state index is 0.166. The summed E-state index contributed by atoms with van der Waals surface area (Å²) >= 11 is 0. The maximum absolute atomic E-state index is 13.1. The minimum Gasteiger partial charge on any atom is -0.463 e. The predicted molar refractivity (Wildman–Crippen MR) is 115 cm³/mol. The molecule has 1 aromatic heterocycles. The number of nitrogens with one attached hydrogen (secondary N) is 2. The molecule has 1 aliphatic heterocycles. The Labute approximate surface area is 194 Å². The largest absolute Gasteiger partial charge is 0.463 e. The van der Waals surface area contributed by atoms with Crippen LogP contribution in [-0.4, -0.2) is 53.8 Å². The quantitative estimate of drug-likeness (QED) is 0.460. The van der Waals surface area contributed by atoms with Crippen LogP contribution in [-0.2, 0) is 35.0 Å². The first-order chi connectivity index (χ1) is 16.2. The molecule has 2 N–H and O–H groups in total. The zero-order chi connectivity index (χ0) is 24.8. The maximum atomic E-state index is 13.1. The highest BCUT2D eigenvalue weighted by atomic mass is 16.6. The number of esters is 3. The second-order valence-corrected chi connectivity index (χ2v) is 8.23. The molecule has 3 rings (SSSR count). The normalized spacial score (nSPS) is 23.2. The highest BCUT2D eigenvalue weighted by Gasteiger charge is 2.42. The lowest BCUT2D eigenvalue weighted by atomic mass is 9.91. The molecule has 1 fully saturated rings. The van der Waals surface area contributed by atoms with Crippen LogP contribution in [0.25, 0.3) is 0 Å². The van der Waals surface area contributed by atoms with Crippen molar-refractivity contribution in [3.8, 4) is 0 Å². The number of aromatic amines is 1. The molecule has 0 aliphatic carbocycles. The van der Waals surface area contributed by atoms with Crippen LogP contribution in [0.4, 0.5) is 0 Å². The number of carbonyl (C=O) groups excluding carboxylic acids is 4. The van der Waals surface area contributed by atoms with E-state index in [1.165, 1.54) is 6.92 Å². The lowest BCUT2D eigenvalue weighted by Gasteiger charge is -2.29. The summed E-state index contributed by atoms with van der Waals surface area (Å²) in [7, 11) is 0. The van der Waals surface area contributed by atoms with Gasteiger partial charge in [0.15, 0.2) is 12.1 Å². The van der Waals surface area contributed by atoms with Crippen molar-refractivity contribution in [3.63, 3.8) is 0 Å². The molecule has 0 radical (unpaired) electrons. The van der Waals surface area contributed by atoms with Crippen LogP contribution >= 0.6 is 0 Å². The van der Waals surface area contributed by atoms with Crippen molar-refractivity contribution in [2.75, 3.05) is 6.61 Å². The molecule has 0 spiro atoms. The average Bonchev–Trinajstić information content (AvgIpc) is 3.25. The topological polar surface area (TPSA) is 154 Å². The van der Waals surface area contributed by atoms with Gasteiger partial charge in [0.25, 0.3) is 11.5 Å². The van der Waals surface area contributed by atoms with Crippen molar-refractivity contribution in [1.29, 1.82) is 0 Å². The number of cyclic esters (lactones) is 2. The highest BCUT2D eigenvalue weighted by molar-refractivity contribution is 5.96. The van der Waals surface area contributed by atoms with Crippen LogP contribution in [0.15, 0.2) is 45.9 Å². The number of rotatable bonds is 6. The van der Waals surface area contributed by atoms with Gasteiger partial charge in [0.2, 0.25) is 0 Å². The van der Waals surface area contributed by atoms with Gasteiger partial charge in [-0.2, -0.15) is 5.16 Å². The SMILES string of the molecule is CC(C)C(=O)OC1[C@H](C)OC(=O)C(NC(=O)c2co[nH]c2=O)COC(=O)[C@@H]1Cc1ccccc1. The molecule has 11 nitrogen and oxygen atoms in total. The monoisotopic (exact) mass is 474 g/mol. The van der Waals surface area contributed by atoms with Crippen LogP contribution in [0.2, 0.25) is 0 Å². The Kier molecular flexibility index (Phi) is 7.87. The van der Waals surface area contributed by atoms with E-state index in [9.17, 15) is 24.0 Å². The number of ether oxygens (including phenoxy) is 3. The van der Waals surface area contributed by atoms with Crippen molar-refractivity contribution in [2.24, 2.45) is 11.8 Å². The first-order valence-electron chi connectivity index (χ1n) is 10.8. The van der Waals surface area contributed by atoms with Gasteiger partial charge in [0, 0.05) is 0 Å². The summed E-state index contributed by atoms with van der Waals surface area (Å²) in [5.41, 5.74) is -0.363. The van der Waals surface area contributed by atoms with E-state index >= 15 is 0 Å². The van der Waals surface area contributed by atoms with Gasteiger partial charge in [-0.05, 0) is 18.9 Å². The molecular weight excluding hydrogens is 448 g/mol. The third-order valence-electron chi connectivity index (χ3n) is 5.29. The fourth-order valence-electron chi connectivity index (χ4n) is 3.39. The molecule has 34 heavy (non-hydrogen) atoms. The van der Waals surface area contributed by atoms with Gasteiger partial charge in [-0.25, -0.2) is 4.79 Å². The fraction of sp³-hybridized carbons (Fsp3) is 0.435. The molecular formula is C23H26N2O9. The van der Waals surface area contributed by atoms with E-state index in [1.54, 1.807) is 26.0 Å². The third kappa shape index (κ3) is 5.91. The van der Waals surface area contributed by atoms with Gasteiger partial charge >= 0.3 is 17.9 Å². The molecule has 2 heterocycles. The lowest BCUT2D eigenvalue weighted by molar-refractivity contribution is -0.176. The van der Waals surface area contributed by atoms with Gasteiger partial charge in [0.05, 0.1) is 5.92 Å². The van der Waals surface area contributed by atoms with Crippen molar-refractivity contribution in [3.05, 3.63) is 58.1 Å². The number of hydrogen-bond donors (Lipinski definition) is 2. The van der Waals surface area contributed by atoms with Gasteiger partial charge in [-0.1, -0.05) is 44.2 Å². The van der Waals surface area contributed by atoms with Crippen LogP contribution < -0.4 is 10.9 Å². The second kappa shape index (κ2) is 10.8. The van der Waals surface area contributed by atoms with Crippen LogP contribution in [0.1, 0.15) is 36.7 Å². The minimum atomic E-state index is -1.40. The average molecular weight is 474 g/mol. The summed E-state index contributed by atoms with van der Waals surface area (Å²) in [6, 6.07) is 7.65. The highest BCUT2D eigenvalue weighted by Crippen LogP contribution is 2.24. The number of carbonyl (C=O) groups is 4. The Morgan fingerprint density at radius 1 is 1.15 bits per heavy atom. The Morgan fingerprint density at radius 3 is 2.47 bits per heavy atom. The Morgan fingerprint density at radius 2 is 1.85 bits per heavy atom. The van der Waals surface area contributed by atoms with Crippen molar-refractivity contribution in [2.45, 2.75) is 45.4 Å². The van der Waals surface area contributed by atoms with Crippen molar-refractivity contribution in [1.82, 2.24) is 10.5 Å². The molecule has 2 unspecified atom stereocenters. The van der Waals surface area contributed by atoms with Gasteiger partial charge < -0.3 is 24.1 Å². The molecule has 1 aliphatic rings. The molecule has 11 heteroatoms. The van der Waals surface area contributed by atoms with Crippen molar-refractivity contribution >= 4 is 23.8 Å². The summed E-state index contributed by atoms with van der Waals surface area (Å²) in [4.78, 5) is 62.2. The number of H-pyrrole nitrogens is 1. The second-order valence-electron chi connectivity index (χ2n) is 8.23. The number of aromatic nitrogens is 1. The number of amides is 1. The zero-order valence-corrected chi connectivity index (χ0v) is 18.9. The summed E-state index contributed by atoms with van der Waals surface area (Å²) in [6.45, 7) is 4.23. The molecule has 1 saturated heterocycles. The molecule has 2 aromatic rings. The maximum Gasteiger partial charge on any atom is 0.332 e. The van der Waals surface area contributed by atoms with E-state index in [-0.39, 0.29) is 12.0 Å². The fourth-order valence-corrected chi connectivity index (χ4v) is 3.39.